The van der Waals surface area contributed by atoms with Crippen molar-refractivity contribution in [2.24, 2.45) is 0 Å². The Kier molecular flexibility index (Phi) is 6.17. The number of rotatable bonds is 8. The number of imide groups is 1. The Morgan fingerprint density at radius 2 is 1.67 bits per heavy atom. The Labute approximate surface area is 174 Å². The molecule has 1 aromatic carbocycles. The summed E-state index contributed by atoms with van der Waals surface area (Å²) in [4.78, 5) is 50.9. The molecule has 0 bridgehead atoms. The van der Waals surface area contributed by atoms with Gasteiger partial charge in [0.2, 0.25) is 5.78 Å². The zero-order valence-electron chi connectivity index (χ0n) is 17.4. The molecular weight excluding hydrogens is 388 g/mol. The van der Waals surface area contributed by atoms with E-state index in [1.54, 1.807) is 25.3 Å². The highest BCUT2D eigenvalue weighted by Gasteiger charge is 2.41. The number of carbonyl (C=O) groups excluding carboxylic acids is 4. The number of Topliss-reactive ketones (excluding diaryl/α,β-unsaturated/α-hetero) is 1. The molecule has 0 saturated carbocycles. The maximum absolute atomic E-state index is 12.6. The van der Waals surface area contributed by atoms with Gasteiger partial charge in [-0.05, 0) is 39.0 Å². The number of hydrogen-bond acceptors (Lipinski definition) is 6. The zero-order chi connectivity index (χ0) is 22.0. The first kappa shape index (κ1) is 21.4. The summed E-state index contributed by atoms with van der Waals surface area (Å²) >= 11 is 0. The molecular formula is C22H24N2O6. The topological polar surface area (TPSA) is 94.9 Å². The van der Waals surface area contributed by atoms with Crippen LogP contribution in [0.1, 0.15) is 49.4 Å². The summed E-state index contributed by atoms with van der Waals surface area (Å²) < 4.78 is 12.2. The van der Waals surface area contributed by atoms with Crippen LogP contribution in [-0.4, -0.2) is 59.4 Å². The number of amides is 2. The number of aromatic nitrogens is 1. The lowest BCUT2D eigenvalue weighted by molar-refractivity contribution is -0.146. The van der Waals surface area contributed by atoms with Crippen LogP contribution in [0.2, 0.25) is 0 Å². The van der Waals surface area contributed by atoms with Crippen LogP contribution in [0.5, 0.6) is 0 Å². The summed E-state index contributed by atoms with van der Waals surface area (Å²) in [5.41, 5.74) is 2.63. The average molecular weight is 412 g/mol. The summed E-state index contributed by atoms with van der Waals surface area (Å²) in [6.07, 6.45) is 0. The van der Waals surface area contributed by atoms with Crippen LogP contribution in [0.3, 0.4) is 0 Å². The lowest BCUT2D eigenvalue weighted by Crippen LogP contribution is -2.44. The molecule has 1 atom stereocenters. The summed E-state index contributed by atoms with van der Waals surface area (Å²) in [6, 6.07) is 6.98. The van der Waals surface area contributed by atoms with Crippen molar-refractivity contribution in [3.05, 3.63) is 58.4 Å². The Bertz CT molecular complexity index is 988. The van der Waals surface area contributed by atoms with Crippen molar-refractivity contribution in [3.63, 3.8) is 0 Å². The molecule has 158 valence electrons. The van der Waals surface area contributed by atoms with E-state index in [1.807, 2.05) is 18.4 Å². The number of fused-ring (bicyclic) bond motifs is 1. The molecule has 3 rings (SSSR count). The highest BCUT2D eigenvalue weighted by molar-refractivity contribution is 6.22. The second kappa shape index (κ2) is 8.62. The van der Waals surface area contributed by atoms with E-state index < -0.39 is 30.4 Å². The number of methoxy groups -OCH3 is 1. The first-order chi connectivity index (χ1) is 14.3. The number of hydrogen-bond donors (Lipinski definition) is 0. The SMILES string of the molecule is COCCn1c(C)cc(C(=O)COC(=O)[C@@H](C)N2C(=O)c3ccccc3C2=O)c1C. The quantitative estimate of drug-likeness (QED) is 0.375. The van der Waals surface area contributed by atoms with Crippen molar-refractivity contribution in [2.45, 2.75) is 33.4 Å². The molecule has 1 aliphatic rings. The first-order valence-corrected chi connectivity index (χ1v) is 9.60. The Balaban J connectivity index is 1.66. The molecule has 8 heteroatoms. The summed E-state index contributed by atoms with van der Waals surface area (Å²) in [5, 5.41) is 0. The van der Waals surface area contributed by atoms with Gasteiger partial charge in [0.25, 0.3) is 11.8 Å². The molecule has 2 amide bonds. The van der Waals surface area contributed by atoms with Gasteiger partial charge in [0.05, 0.1) is 17.7 Å². The standard InChI is InChI=1S/C22H24N2O6/c1-13-11-18(14(2)23(13)9-10-29-4)19(25)12-30-22(28)15(3)24-20(26)16-7-5-6-8-17(16)21(24)27/h5-8,11,15H,9-10,12H2,1-4H3/t15-/m1/s1. The highest BCUT2D eigenvalue weighted by Crippen LogP contribution is 2.25. The van der Waals surface area contributed by atoms with E-state index in [9.17, 15) is 19.2 Å². The van der Waals surface area contributed by atoms with E-state index in [4.69, 9.17) is 9.47 Å². The summed E-state index contributed by atoms with van der Waals surface area (Å²) in [5.74, 6) is -2.26. The van der Waals surface area contributed by atoms with Gasteiger partial charge in [0.1, 0.15) is 6.04 Å². The largest absolute Gasteiger partial charge is 0.456 e. The van der Waals surface area contributed by atoms with E-state index in [0.717, 1.165) is 16.3 Å². The fourth-order valence-corrected chi connectivity index (χ4v) is 3.61. The third-order valence-electron chi connectivity index (χ3n) is 5.29. The second-order valence-electron chi connectivity index (χ2n) is 7.16. The monoisotopic (exact) mass is 412 g/mol. The minimum atomic E-state index is -1.14. The van der Waals surface area contributed by atoms with E-state index in [1.165, 1.54) is 19.1 Å². The molecule has 2 heterocycles. The molecule has 2 aromatic rings. The van der Waals surface area contributed by atoms with Crippen LogP contribution in [0, 0.1) is 13.8 Å². The van der Waals surface area contributed by atoms with Crippen molar-refractivity contribution >= 4 is 23.6 Å². The van der Waals surface area contributed by atoms with Crippen LogP contribution >= 0.6 is 0 Å². The number of nitrogens with zero attached hydrogens (tertiary/aromatic N) is 2. The van der Waals surface area contributed by atoms with Gasteiger partial charge < -0.3 is 14.0 Å². The van der Waals surface area contributed by atoms with Crippen LogP contribution in [0.25, 0.3) is 0 Å². The Morgan fingerprint density at radius 3 is 2.23 bits per heavy atom. The summed E-state index contributed by atoms with van der Waals surface area (Å²) in [7, 11) is 1.61. The van der Waals surface area contributed by atoms with Crippen LogP contribution in [-0.2, 0) is 20.8 Å². The predicted octanol–water partition coefficient (Wildman–Crippen LogP) is 2.16. The minimum absolute atomic E-state index is 0.252. The van der Waals surface area contributed by atoms with Gasteiger partial charge in [-0.2, -0.15) is 0 Å². The van der Waals surface area contributed by atoms with E-state index in [2.05, 4.69) is 0 Å². The maximum atomic E-state index is 12.6. The van der Waals surface area contributed by atoms with Gasteiger partial charge in [-0.25, -0.2) is 4.79 Å². The highest BCUT2D eigenvalue weighted by atomic mass is 16.5. The number of benzene rings is 1. The van der Waals surface area contributed by atoms with Crippen molar-refractivity contribution < 1.29 is 28.7 Å². The number of esters is 1. The third-order valence-corrected chi connectivity index (χ3v) is 5.29. The maximum Gasteiger partial charge on any atom is 0.329 e. The predicted molar refractivity (Wildman–Crippen MR) is 107 cm³/mol. The van der Waals surface area contributed by atoms with Crippen molar-refractivity contribution in [1.29, 1.82) is 0 Å². The van der Waals surface area contributed by atoms with Gasteiger partial charge in [0.15, 0.2) is 6.61 Å². The Hall–Kier alpha value is -3.26. The number of ether oxygens (including phenoxy) is 2. The van der Waals surface area contributed by atoms with Crippen molar-refractivity contribution in [3.8, 4) is 0 Å². The number of aryl methyl sites for hydroxylation is 1. The Morgan fingerprint density at radius 1 is 1.07 bits per heavy atom. The normalized spacial score (nSPS) is 14.1. The van der Waals surface area contributed by atoms with Gasteiger partial charge in [0, 0.05) is 30.6 Å². The zero-order valence-corrected chi connectivity index (χ0v) is 17.4. The summed E-state index contributed by atoms with van der Waals surface area (Å²) in [6.45, 7) is 5.76. The van der Waals surface area contributed by atoms with E-state index in [0.29, 0.717) is 18.7 Å². The molecule has 0 spiro atoms. The molecule has 0 fully saturated rings. The van der Waals surface area contributed by atoms with Gasteiger partial charge in [-0.1, -0.05) is 12.1 Å². The second-order valence-corrected chi connectivity index (χ2v) is 7.16. The average Bonchev–Trinajstić information content (AvgIpc) is 3.16. The number of ketones is 1. The lowest BCUT2D eigenvalue weighted by Gasteiger charge is -2.20. The van der Waals surface area contributed by atoms with E-state index >= 15 is 0 Å². The third kappa shape index (κ3) is 3.78. The molecule has 0 unspecified atom stereocenters. The number of carbonyl (C=O) groups is 4. The first-order valence-electron chi connectivity index (χ1n) is 9.60. The molecule has 0 N–H and O–H groups in total. The van der Waals surface area contributed by atoms with Gasteiger partial charge in [-0.3, -0.25) is 19.3 Å². The van der Waals surface area contributed by atoms with Crippen LogP contribution < -0.4 is 0 Å². The molecule has 0 aliphatic carbocycles. The molecule has 1 aromatic heterocycles. The smallest absolute Gasteiger partial charge is 0.329 e. The molecule has 1 aliphatic heterocycles. The van der Waals surface area contributed by atoms with Crippen LogP contribution in [0.15, 0.2) is 30.3 Å². The van der Waals surface area contributed by atoms with Crippen LogP contribution in [0.4, 0.5) is 0 Å². The van der Waals surface area contributed by atoms with Gasteiger partial charge >= 0.3 is 5.97 Å². The fourth-order valence-electron chi connectivity index (χ4n) is 3.61. The minimum Gasteiger partial charge on any atom is -0.456 e. The molecule has 8 nitrogen and oxygen atoms in total. The van der Waals surface area contributed by atoms with Gasteiger partial charge in [-0.15, -0.1) is 0 Å². The van der Waals surface area contributed by atoms with Crippen molar-refractivity contribution in [2.75, 3.05) is 20.3 Å². The lowest BCUT2D eigenvalue weighted by atomic mass is 10.1. The van der Waals surface area contributed by atoms with E-state index in [-0.39, 0.29) is 16.9 Å². The fraction of sp³-hybridized carbons (Fsp3) is 0.364. The molecule has 0 saturated heterocycles. The van der Waals surface area contributed by atoms with Crippen molar-refractivity contribution in [1.82, 2.24) is 9.47 Å². The molecule has 0 radical (unpaired) electrons. The molecule has 30 heavy (non-hydrogen) atoms.